The van der Waals surface area contributed by atoms with Gasteiger partial charge >= 0.3 is 0 Å². The van der Waals surface area contributed by atoms with E-state index >= 15 is 0 Å². The summed E-state index contributed by atoms with van der Waals surface area (Å²) in [7, 11) is 0. The average molecular weight is 357 g/mol. The minimum absolute atomic E-state index is 0.0844. The lowest BCUT2D eigenvalue weighted by atomic mass is 9.98. The molecule has 5 heteroatoms. The summed E-state index contributed by atoms with van der Waals surface area (Å²) in [5, 5.41) is 0.0844. The van der Waals surface area contributed by atoms with Crippen LogP contribution in [0.1, 0.15) is 34.7 Å². The van der Waals surface area contributed by atoms with Crippen molar-refractivity contribution in [1.29, 1.82) is 0 Å². The number of alkyl halides is 2. The molecular weight excluding hydrogens is 340 g/mol. The largest absolute Gasteiger partial charge is 0.279 e. The minimum Gasteiger partial charge on any atom is -0.206 e. The number of benzene rings is 2. The van der Waals surface area contributed by atoms with E-state index in [2.05, 4.69) is 0 Å². The highest BCUT2D eigenvalue weighted by molar-refractivity contribution is 6.31. The standard InChI is InChI=1S/C19H17ClF4/c1-10-3-5-13(18(22)17(10)20)6-4-12-8-14-7-11(2)19(23,24)16(14)15(21)9-12/h3,5,8-9,11H,4,6-7H2,1-2H3. The molecule has 1 aliphatic carbocycles. The molecule has 0 spiro atoms. The normalized spacial score (nSPS) is 18.7. The molecule has 0 heterocycles. The smallest absolute Gasteiger partial charge is 0.206 e. The number of halogens is 5. The van der Waals surface area contributed by atoms with Gasteiger partial charge in [-0.2, -0.15) is 0 Å². The first-order valence-corrected chi connectivity index (χ1v) is 8.22. The van der Waals surface area contributed by atoms with E-state index in [4.69, 9.17) is 11.6 Å². The second-order valence-electron chi connectivity index (χ2n) is 6.51. The summed E-state index contributed by atoms with van der Waals surface area (Å²) >= 11 is 5.90. The van der Waals surface area contributed by atoms with Crippen molar-refractivity contribution < 1.29 is 17.6 Å². The van der Waals surface area contributed by atoms with Crippen LogP contribution in [0.25, 0.3) is 0 Å². The lowest BCUT2D eigenvalue weighted by Crippen LogP contribution is -2.19. The van der Waals surface area contributed by atoms with Crippen LogP contribution in [0.3, 0.4) is 0 Å². The third-order valence-corrected chi connectivity index (χ3v) is 5.21. The van der Waals surface area contributed by atoms with Crippen molar-refractivity contribution in [2.75, 3.05) is 0 Å². The summed E-state index contributed by atoms with van der Waals surface area (Å²) in [5.41, 5.74) is 1.54. The van der Waals surface area contributed by atoms with Crippen LogP contribution < -0.4 is 0 Å². The number of fused-ring (bicyclic) bond motifs is 1. The topological polar surface area (TPSA) is 0 Å². The van der Waals surface area contributed by atoms with E-state index < -0.39 is 29.0 Å². The van der Waals surface area contributed by atoms with Crippen LogP contribution in [0.2, 0.25) is 5.02 Å². The van der Waals surface area contributed by atoms with Crippen LogP contribution in [0.5, 0.6) is 0 Å². The summed E-state index contributed by atoms with van der Waals surface area (Å²) in [6.45, 7) is 3.13. The summed E-state index contributed by atoms with van der Waals surface area (Å²) in [6.07, 6.45) is 0.842. The van der Waals surface area contributed by atoms with Crippen LogP contribution in [0.15, 0.2) is 24.3 Å². The highest BCUT2D eigenvalue weighted by atomic mass is 35.5. The van der Waals surface area contributed by atoms with E-state index in [1.165, 1.54) is 6.92 Å². The van der Waals surface area contributed by atoms with Gasteiger partial charge in [0, 0.05) is 5.92 Å². The highest BCUT2D eigenvalue weighted by Gasteiger charge is 2.47. The van der Waals surface area contributed by atoms with Gasteiger partial charge in [0.05, 0.1) is 10.6 Å². The Bertz CT molecular complexity index is 798. The van der Waals surface area contributed by atoms with Crippen molar-refractivity contribution in [3.8, 4) is 0 Å². The van der Waals surface area contributed by atoms with E-state index in [0.717, 1.165) is 6.07 Å². The Labute approximate surface area is 143 Å². The molecule has 0 aromatic heterocycles. The first-order valence-electron chi connectivity index (χ1n) is 7.85. The van der Waals surface area contributed by atoms with Gasteiger partial charge in [0.1, 0.15) is 11.6 Å². The molecule has 0 nitrogen and oxygen atoms in total. The minimum atomic E-state index is -3.13. The molecule has 1 atom stereocenters. The van der Waals surface area contributed by atoms with Gasteiger partial charge in [-0.25, -0.2) is 17.6 Å². The number of hydrogen-bond donors (Lipinski definition) is 0. The molecule has 0 radical (unpaired) electrons. The molecule has 0 bridgehead atoms. The molecule has 0 fully saturated rings. The molecule has 1 unspecified atom stereocenters. The summed E-state index contributed by atoms with van der Waals surface area (Å²) in [6, 6.07) is 6.13. The number of rotatable bonds is 3. The maximum absolute atomic E-state index is 14.2. The summed E-state index contributed by atoms with van der Waals surface area (Å²) in [4.78, 5) is 0. The zero-order valence-corrected chi connectivity index (χ0v) is 14.2. The van der Waals surface area contributed by atoms with Crippen LogP contribution in [-0.2, 0) is 25.2 Å². The lowest BCUT2D eigenvalue weighted by Gasteiger charge is -2.16. The second kappa shape index (κ2) is 6.07. The lowest BCUT2D eigenvalue weighted by molar-refractivity contribution is -0.0477. The van der Waals surface area contributed by atoms with Crippen molar-refractivity contribution in [3.05, 3.63) is 68.7 Å². The molecule has 0 saturated heterocycles. The van der Waals surface area contributed by atoms with Gasteiger partial charge < -0.3 is 0 Å². The predicted octanol–water partition coefficient (Wildman–Crippen LogP) is 6.00. The van der Waals surface area contributed by atoms with E-state index in [1.807, 2.05) is 0 Å². The zero-order valence-electron chi connectivity index (χ0n) is 13.4. The Balaban J connectivity index is 1.85. The van der Waals surface area contributed by atoms with Crippen LogP contribution in [0, 0.1) is 24.5 Å². The molecule has 3 rings (SSSR count). The van der Waals surface area contributed by atoms with E-state index in [1.54, 1.807) is 25.1 Å². The Hall–Kier alpha value is -1.55. The third kappa shape index (κ3) is 2.81. The summed E-state index contributed by atoms with van der Waals surface area (Å²) in [5.74, 6) is -5.39. The van der Waals surface area contributed by atoms with Gasteiger partial charge in [-0.15, -0.1) is 0 Å². The van der Waals surface area contributed by atoms with E-state index in [-0.39, 0.29) is 11.4 Å². The fourth-order valence-corrected chi connectivity index (χ4v) is 3.45. The molecule has 128 valence electrons. The van der Waals surface area contributed by atoms with Crippen LogP contribution in [-0.4, -0.2) is 0 Å². The van der Waals surface area contributed by atoms with Crippen molar-refractivity contribution in [3.63, 3.8) is 0 Å². The van der Waals surface area contributed by atoms with Gasteiger partial charge in [-0.05, 0) is 54.5 Å². The molecule has 2 aromatic carbocycles. The van der Waals surface area contributed by atoms with Gasteiger partial charge in [-0.1, -0.05) is 36.7 Å². The molecule has 24 heavy (non-hydrogen) atoms. The van der Waals surface area contributed by atoms with Crippen molar-refractivity contribution in [1.82, 2.24) is 0 Å². The van der Waals surface area contributed by atoms with Crippen molar-refractivity contribution >= 4 is 11.6 Å². The van der Waals surface area contributed by atoms with Crippen molar-refractivity contribution in [2.45, 2.75) is 39.0 Å². The SMILES string of the molecule is Cc1ccc(CCc2cc(F)c3c(c2)CC(C)C3(F)F)c(F)c1Cl. The summed E-state index contributed by atoms with van der Waals surface area (Å²) < 4.78 is 56.3. The molecule has 0 N–H and O–H groups in total. The highest BCUT2D eigenvalue weighted by Crippen LogP contribution is 2.47. The monoisotopic (exact) mass is 356 g/mol. The second-order valence-corrected chi connectivity index (χ2v) is 6.89. The van der Waals surface area contributed by atoms with Gasteiger partial charge in [0.2, 0.25) is 0 Å². The van der Waals surface area contributed by atoms with Crippen LogP contribution >= 0.6 is 11.6 Å². The van der Waals surface area contributed by atoms with Crippen LogP contribution in [0.4, 0.5) is 17.6 Å². The molecule has 0 aliphatic heterocycles. The molecule has 0 saturated carbocycles. The van der Waals surface area contributed by atoms with Crippen molar-refractivity contribution in [2.24, 2.45) is 5.92 Å². The molecule has 0 amide bonds. The maximum atomic E-state index is 14.2. The van der Waals surface area contributed by atoms with Gasteiger partial charge in [0.15, 0.2) is 0 Å². The van der Waals surface area contributed by atoms with E-state index in [9.17, 15) is 17.6 Å². The third-order valence-electron chi connectivity index (χ3n) is 4.75. The first kappa shape index (κ1) is 17.3. The Kier molecular flexibility index (Phi) is 4.37. The number of aryl methyl sites for hydroxylation is 3. The molecule has 2 aromatic rings. The van der Waals surface area contributed by atoms with Gasteiger partial charge in [0.25, 0.3) is 5.92 Å². The molecule has 1 aliphatic rings. The van der Waals surface area contributed by atoms with Gasteiger partial charge in [-0.3, -0.25) is 0 Å². The van der Waals surface area contributed by atoms with E-state index in [0.29, 0.717) is 35.1 Å². The predicted molar refractivity (Wildman–Crippen MR) is 86.7 cm³/mol. The zero-order chi connectivity index (χ0) is 17.6. The average Bonchev–Trinajstić information content (AvgIpc) is 2.74. The fourth-order valence-electron chi connectivity index (χ4n) is 3.27. The number of hydrogen-bond acceptors (Lipinski definition) is 0. The Morgan fingerprint density at radius 1 is 1.17 bits per heavy atom. The molecular formula is C19H17ClF4. The Morgan fingerprint density at radius 2 is 1.88 bits per heavy atom. The first-order chi connectivity index (χ1) is 11.2. The quantitative estimate of drug-likeness (QED) is 0.592. The Morgan fingerprint density at radius 3 is 2.58 bits per heavy atom. The fraction of sp³-hybridized carbons (Fsp3) is 0.368. The maximum Gasteiger partial charge on any atom is 0.279 e.